The van der Waals surface area contributed by atoms with E-state index in [9.17, 15) is 15.3 Å². The van der Waals surface area contributed by atoms with Crippen molar-refractivity contribution in [1.29, 1.82) is 0 Å². The highest BCUT2D eigenvalue weighted by Gasteiger charge is 2.21. The van der Waals surface area contributed by atoms with Crippen LogP contribution >= 0.6 is 0 Å². The van der Waals surface area contributed by atoms with Crippen LogP contribution in [-0.2, 0) is 6.42 Å². The molecule has 0 unspecified atom stereocenters. The number of aromatic hydroxyl groups is 2. The maximum atomic E-state index is 10.1. The smallest absolute Gasteiger partial charge is 0.162 e. The zero-order valence-corrected chi connectivity index (χ0v) is 10.4. The third-order valence-electron chi connectivity index (χ3n) is 3.11. The Morgan fingerprint density at radius 3 is 2.32 bits per heavy atom. The van der Waals surface area contributed by atoms with Crippen molar-refractivity contribution >= 4 is 0 Å². The first-order valence-corrected chi connectivity index (χ1v) is 6.08. The van der Waals surface area contributed by atoms with E-state index in [1.54, 1.807) is 12.1 Å². The highest BCUT2D eigenvalue weighted by Crippen LogP contribution is 2.33. The molecule has 100 valence electrons. The predicted octanol–water partition coefficient (Wildman–Crippen LogP) is 1.70. The molecule has 5 N–H and O–H groups in total. The van der Waals surface area contributed by atoms with Crippen molar-refractivity contribution in [1.82, 2.24) is 0 Å². The Balaban J connectivity index is 2.15. The SMILES string of the molecule is N[C@@H](c1cccc(O)c1O)[C@H](O)Cc1ccccc1. The van der Waals surface area contributed by atoms with E-state index in [1.165, 1.54) is 6.07 Å². The van der Waals surface area contributed by atoms with Crippen molar-refractivity contribution in [2.45, 2.75) is 18.6 Å². The first-order valence-electron chi connectivity index (χ1n) is 6.08. The van der Waals surface area contributed by atoms with Crippen molar-refractivity contribution in [3.05, 3.63) is 59.7 Å². The quantitative estimate of drug-likeness (QED) is 0.629. The monoisotopic (exact) mass is 259 g/mol. The average molecular weight is 259 g/mol. The first-order chi connectivity index (χ1) is 9.09. The fourth-order valence-corrected chi connectivity index (χ4v) is 2.01. The number of phenolic OH excluding ortho intramolecular Hbond substituents is 2. The van der Waals surface area contributed by atoms with Crippen molar-refractivity contribution in [3.63, 3.8) is 0 Å². The van der Waals surface area contributed by atoms with Gasteiger partial charge in [0.1, 0.15) is 0 Å². The highest BCUT2D eigenvalue weighted by atomic mass is 16.3. The largest absolute Gasteiger partial charge is 0.504 e. The van der Waals surface area contributed by atoms with Crippen LogP contribution in [0.2, 0.25) is 0 Å². The van der Waals surface area contributed by atoms with E-state index in [-0.39, 0.29) is 11.5 Å². The summed E-state index contributed by atoms with van der Waals surface area (Å²) in [5.74, 6) is -0.512. The lowest BCUT2D eigenvalue weighted by Crippen LogP contribution is -2.28. The molecule has 0 heterocycles. The van der Waals surface area contributed by atoms with Gasteiger partial charge in [0.25, 0.3) is 0 Å². The number of hydrogen-bond donors (Lipinski definition) is 4. The number of aliphatic hydroxyl groups excluding tert-OH is 1. The summed E-state index contributed by atoms with van der Waals surface area (Å²) < 4.78 is 0. The lowest BCUT2D eigenvalue weighted by Gasteiger charge is -2.20. The van der Waals surface area contributed by atoms with Gasteiger partial charge < -0.3 is 21.1 Å². The van der Waals surface area contributed by atoms with Gasteiger partial charge in [0, 0.05) is 12.0 Å². The molecular formula is C15H17NO3. The zero-order valence-electron chi connectivity index (χ0n) is 10.4. The van der Waals surface area contributed by atoms with Crippen LogP contribution < -0.4 is 5.73 Å². The Labute approximate surface area is 111 Å². The lowest BCUT2D eigenvalue weighted by molar-refractivity contribution is 0.143. The number of aliphatic hydroxyl groups is 1. The van der Waals surface area contributed by atoms with Crippen LogP contribution in [0.4, 0.5) is 0 Å². The summed E-state index contributed by atoms with van der Waals surface area (Å²) in [6.45, 7) is 0. The molecule has 0 bridgehead atoms. The Morgan fingerprint density at radius 2 is 1.63 bits per heavy atom. The van der Waals surface area contributed by atoms with E-state index in [1.807, 2.05) is 30.3 Å². The molecule has 2 aromatic carbocycles. The molecule has 2 rings (SSSR count). The van der Waals surface area contributed by atoms with Gasteiger partial charge in [-0.05, 0) is 11.6 Å². The zero-order chi connectivity index (χ0) is 13.8. The van der Waals surface area contributed by atoms with E-state index >= 15 is 0 Å². The van der Waals surface area contributed by atoms with Crippen LogP contribution in [0.1, 0.15) is 17.2 Å². The molecule has 0 fully saturated rings. The average Bonchev–Trinajstić information content (AvgIpc) is 2.42. The lowest BCUT2D eigenvalue weighted by atomic mass is 9.96. The number of benzene rings is 2. The van der Waals surface area contributed by atoms with Crippen LogP contribution in [0.25, 0.3) is 0 Å². The summed E-state index contributed by atoms with van der Waals surface area (Å²) in [7, 11) is 0. The van der Waals surface area contributed by atoms with Crippen LogP contribution in [-0.4, -0.2) is 21.4 Å². The van der Waals surface area contributed by atoms with Gasteiger partial charge in [-0.2, -0.15) is 0 Å². The second kappa shape index (κ2) is 5.73. The fraction of sp³-hybridized carbons (Fsp3) is 0.200. The molecule has 0 aliphatic carbocycles. The predicted molar refractivity (Wildman–Crippen MR) is 72.9 cm³/mol. The van der Waals surface area contributed by atoms with Gasteiger partial charge in [-0.3, -0.25) is 0 Å². The summed E-state index contributed by atoms with van der Waals surface area (Å²) in [5.41, 5.74) is 7.23. The van der Waals surface area contributed by atoms with Crippen molar-refractivity contribution in [3.8, 4) is 11.5 Å². The Kier molecular flexibility index (Phi) is 4.04. The second-order valence-corrected chi connectivity index (χ2v) is 4.50. The Hall–Kier alpha value is -2.04. The van der Waals surface area contributed by atoms with Gasteiger partial charge in [0.2, 0.25) is 0 Å². The summed E-state index contributed by atoms with van der Waals surface area (Å²) in [4.78, 5) is 0. The van der Waals surface area contributed by atoms with Crippen molar-refractivity contribution in [2.75, 3.05) is 0 Å². The number of hydrogen-bond acceptors (Lipinski definition) is 4. The van der Waals surface area contributed by atoms with E-state index < -0.39 is 12.1 Å². The summed E-state index contributed by atoms with van der Waals surface area (Å²) in [5, 5.41) is 29.3. The molecule has 4 nitrogen and oxygen atoms in total. The third-order valence-corrected chi connectivity index (χ3v) is 3.11. The maximum Gasteiger partial charge on any atom is 0.162 e. The van der Waals surface area contributed by atoms with Crippen molar-refractivity contribution < 1.29 is 15.3 Å². The summed E-state index contributed by atoms with van der Waals surface area (Å²) in [6.07, 6.45) is -0.452. The van der Waals surface area contributed by atoms with Gasteiger partial charge in [0.05, 0.1) is 12.1 Å². The minimum absolute atomic E-state index is 0.236. The van der Waals surface area contributed by atoms with E-state index in [0.717, 1.165) is 5.56 Å². The second-order valence-electron chi connectivity index (χ2n) is 4.50. The van der Waals surface area contributed by atoms with Gasteiger partial charge in [-0.15, -0.1) is 0 Å². The molecule has 4 heteroatoms. The van der Waals surface area contributed by atoms with Gasteiger partial charge in [0.15, 0.2) is 11.5 Å². The Bertz CT molecular complexity index is 542. The standard InChI is InChI=1S/C15H17NO3/c16-14(11-7-4-8-12(17)15(11)19)13(18)9-10-5-2-1-3-6-10/h1-8,13-14,17-19H,9,16H2/t13-,14+/m1/s1. The fourth-order valence-electron chi connectivity index (χ4n) is 2.01. The Morgan fingerprint density at radius 1 is 0.947 bits per heavy atom. The van der Waals surface area contributed by atoms with E-state index in [0.29, 0.717) is 12.0 Å². The molecule has 0 saturated carbocycles. The molecule has 0 saturated heterocycles. The molecule has 0 amide bonds. The number of para-hydroxylation sites is 1. The molecule has 0 aliphatic rings. The first kappa shape index (κ1) is 13.4. The molecule has 0 aromatic heterocycles. The van der Waals surface area contributed by atoms with E-state index in [2.05, 4.69) is 0 Å². The van der Waals surface area contributed by atoms with Crippen LogP contribution in [0, 0.1) is 0 Å². The number of nitrogens with two attached hydrogens (primary N) is 1. The van der Waals surface area contributed by atoms with Crippen LogP contribution in [0.15, 0.2) is 48.5 Å². The van der Waals surface area contributed by atoms with E-state index in [4.69, 9.17) is 5.73 Å². The molecule has 0 spiro atoms. The topological polar surface area (TPSA) is 86.7 Å². The molecule has 19 heavy (non-hydrogen) atoms. The van der Waals surface area contributed by atoms with Gasteiger partial charge in [-0.1, -0.05) is 42.5 Å². The third kappa shape index (κ3) is 3.05. The molecule has 0 aliphatic heterocycles. The molecular weight excluding hydrogens is 242 g/mol. The minimum Gasteiger partial charge on any atom is -0.504 e. The maximum absolute atomic E-state index is 10.1. The van der Waals surface area contributed by atoms with Gasteiger partial charge >= 0.3 is 0 Å². The molecule has 2 aromatic rings. The van der Waals surface area contributed by atoms with Gasteiger partial charge in [-0.25, -0.2) is 0 Å². The number of phenols is 2. The normalized spacial score (nSPS) is 14.0. The minimum atomic E-state index is -0.838. The number of rotatable bonds is 4. The summed E-state index contributed by atoms with van der Waals surface area (Å²) in [6, 6.07) is 13.3. The highest BCUT2D eigenvalue weighted by molar-refractivity contribution is 5.46. The molecule has 2 atom stereocenters. The molecule has 0 radical (unpaired) electrons. The van der Waals surface area contributed by atoms with Crippen LogP contribution in [0.5, 0.6) is 11.5 Å². The van der Waals surface area contributed by atoms with Crippen molar-refractivity contribution in [2.24, 2.45) is 5.73 Å². The van der Waals surface area contributed by atoms with Crippen LogP contribution in [0.3, 0.4) is 0 Å². The summed E-state index contributed by atoms with van der Waals surface area (Å²) >= 11 is 0.